The molecular weight excluding hydrogens is 236 g/mol. The summed E-state index contributed by atoms with van der Waals surface area (Å²) in [5, 5.41) is 2.87. The Balaban J connectivity index is 2.33. The van der Waals surface area contributed by atoms with Gasteiger partial charge in [0.15, 0.2) is 0 Å². The predicted molar refractivity (Wildman–Crippen MR) is 70.4 cm³/mol. The average Bonchev–Trinajstić information content (AvgIpc) is 2.34. The van der Waals surface area contributed by atoms with E-state index in [1.807, 2.05) is 19.1 Å². The zero-order chi connectivity index (χ0) is 12.7. The molecule has 0 saturated carbocycles. The summed E-state index contributed by atoms with van der Waals surface area (Å²) < 4.78 is 0. The van der Waals surface area contributed by atoms with Gasteiger partial charge in [0.1, 0.15) is 5.69 Å². The van der Waals surface area contributed by atoms with E-state index in [-0.39, 0.29) is 5.91 Å². The summed E-state index contributed by atoms with van der Waals surface area (Å²) in [6, 6.07) is 3.71. The van der Waals surface area contributed by atoms with Gasteiger partial charge in [-0.3, -0.25) is 9.78 Å². The first-order valence-corrected chi connectivity index (χ1v) is 6.44. The molecule has 0 spiro atoms. The summed E-state index contributed by atoms with van der Waals surface area (Å²) in [4.78, 5) is 15.9. The molecule has 0 aliphatic carbocycles. The summed E-state index contributed by atoms with van der Waals surface area (Å²) in [5.74, 6) is 1.08. The van der Waals surface area contributed by atoms with Gasteiger partial charge in [-0.25, -0.2) is 0 Å². The molecular formula is C13H19ClN2O. The van der Waals surface area contributed by atoms with Gasteiger partial charge in [-0.1, -0.05) is 13.0 Å². The molecule has 0 aliphatic heterocycles. The molecule has 0 radical (unpaired) electrons. The number of alkyl halides is 1. The minimum absolute atomic E-state index is 0.0957. The number of carbonyl (C=O) groups is 1. The van der Waals surface area contributed by atoms with Crippen LogP contribution in [0.5, 0.6) is 0 Å². The molecule has 4 heteroatoms. The highest BCUT2D eigenvalue weighted by Crippen LogP contribution is 2.07. The number of carbonyl (C=O) groups excluding carboxylic acids is 1. The van der Waals surface area contributed by atoms with Crippen LogP contribution >= 0.6 is 11.6 Å². The van der Waals surface area contributed by atoms with Gasteiger partial charge in [0.05, 0.1) is 0 Å². The van der Waals surface area contributed by atoms with Crippen molar-refractivity contribution >= 4 is 17.5 Å². The zero-order valence-corrected chi connectivity index (χ0v) is 11.1. The number of hydrogen-bond donors (Lipinski definition) is 1. The van der Waals surface area contributed by atoms with E-state index in [9.17, 15) is 4.79 Å². The first-order chi connectivity index (χ1) is 8.15. The molecule has 1 unspecified atom stereocenters. The van der Waals surface area contributed by atoms with Gasteiger partial charge in [-0.2, -0.15) is 0 Å². The summed E-state index contributed by atoms with van der Waals surface area (Å²) in [6.07, 6.45) is 3.62. The molecule has 1 aromatic rings. The summed E-state index contributed by atoms with van der Waals surface area (Å²) in [6.45, 7) is 4.67. The number of pyridine rings is 1. The fraction of sp³-hybridized carbons (Fsp3) is 0.538. The molecule has 94 valence electrons. The van der Waals surface area contributed by atoms with Crippen LogP contribution in [-0.4, -0.2) is 23.3 Å². The number of nitrogens with one attached hydrogen (secondary N) is 1. The van der Waals surface area contributed by atoms with Crippen molar-refractivity contribution in [2.75, 3.05) is 12.4 Å². The Morgan fingerprint density at radius 3 is 3.00 bits per heavy atom. The third kappa shape index (κ3) is 4.73. The van der Waals surface area contributed by atoms with Crippen LogP contribution in [-0.2, 0) is 0 Å². The highest BCUT2D eigenvalue weighted by Gasteiger charge is 2.09. The quantitative estimate of drug-likeness (QED) is 0.627. The van der Waals surface area contributed by atoms with Crippen LogP contribution in [0.2, 0.25) is 0 Å². The van der Waals surface area contributed by atoms with Crippen molar-refractivity contribution in [3.8, 4) is 0 Å². The molecule has 3 nitrogen and oxygen atoms in total. The van der Waals surface area contributed by atoms with Crippen molar-refractivity contribution in [2.45, 2.75) is 26.7 Å². The van der Waals surface area contributed by atoms with Crippen molar-refractivity contribution < 1.29 is 4.79 Å². The standard InChI is InChI=1S/C13H19ClN2O/c1-10(9-14)5-3-8-16-13(17)12-11(2)6-4-7-15-12/h4,6-7,10H,3,5,8-9H2,1-2H3,(H,16,17). The molecule has 1 rings (SSSR count). The fourth-order valence-electron chi connectivity index (χ4n) is 1.54. The van der Waals surface area contributed by atoms with Crippen molar-refractivity contribution in [3.63, 3.8) is 0 Å². The average molecular weight is 255 g/mol. The van der Waals surface area contributed by atoms with Crippen molar-refractivity contribution in [1.29, 1.82) is 0 Å². The van der Waals surface area contributed by atoms with E-state index >= 15 is 0 Å². The number of amides is 1. The van der Waals surface area contributed by atoms with Crippen LogP contribution in [0.25, 0.3) is 0 Å². The normalized spacial score (nSPS) is 12.2. The van der Waals surface area contributed by atoms with Gasteiger partial charge in [-0.05, 0) is 37.3 Å². The Morgan fingerprint density at radius 1 is 1.59 bits per heavy atom. The number of aryl methyl sites for hydroxylation is 1. The highest BCUT2D eigenvalue weighted by molar-refractivity contribution is 6.18. The second-order valence-electron chi connectivity index (χ2n) is 4.33. The number of hydrogen-bond acceptors (Lipinski definition) is 2. The second-order valence-corrected chi connectivity index (χ2v) is 4.64. The Kier molecular flexibility index (Phi) is 5.98. The van der Waals surface area contributed by atoms with Crippen LogP contribution < -0.4 is 5.32 Å². The number of halogens is 1. The van der Waals surface area contributed by atoms with Crippen LogP contribution in [0.4, 0.5) is 0 Å². The maximum Gasteiger partial charge on any atom is 0.270 e. The first-order valence-electron chi connectivity index (χ1n) is 5.91. The molecule has 1 aromatic heterocycles. The third-order valence-electron chi connectivity index (χ3n) is 2.65. The van der Waals surface area contributed by atoms with Crippen LogP contribution in [0.15, 0.2) is 18.3 Å². The Hall–Kier alpha value is -1.09. The molecule has 1 atom stereocenters. The number of aromatic nitrogens is 1. The van der Waals surface area contributed by atoms with Gasteiger partial charge < -0.3 is 5.32 Å². The number of nitrogens with zero attached hydrogens (tertiary/aromatic N) is 1. The molecule has 0 fully saturated rings. The molecule has 17 heavy (non-hydrogen) atoms. The fourth-order valence-corrected chi connectivity index (χ4v) is 1.69. The smallest absolute Gasteiger partial charge is 0.270 e. The first kappa shape index (κ1) is 14.0. The maximum atomic E-state index is 11.8. The molecule has 0 aromatic carbocycles. The topological polar surface area (TPSA) is 42.0 Å². The van der Waals surface area contributed by atoms with E-state index < -0.39 is 0 Å². The van der Waals surface area contributed by atoms with Gasteiger partial charge in [0.2, 0.25) is 0 Å². The molecule has 1 heterocycles. The van der Waals surface area contributed by atoms with E-state index in [1.54, 1.807) is 6.20 Å². The predicted octanol–water partition coefficient (Wildman–Crippen LogP) is 2.77. The second kappa shape index (κ2) is 7.28. The van der Waals surface area contributed by atoms with Crippen LogP contribution in [0, 0.1) is 12.8 Å². The van der Waals surface area contributed by atoms with E-state index in [4.69, 9.17) is 11.6 Å². The maximum absolute atomic E-state index is 11.8. The van der Waals surface area contributed by atoms with Crippen molar-refractivity contribution in [2.24, 2.45) is 5.92 Å². The minimum atomic E-state index is -0.0957. The van der Waals surface area contributed by atoms with Crippen molar-refractivity contribution in [3.05, 3.63) is 29.6 Å². The summed E-state index contributed by atoms with van der Waals surface area (Å²) >= 11 is 5.71. The molecule has 0 bridgehead atoms. The lowest BCUT2D eigenvalue weighted by Gasteiger charge is -2.08. The summed E-state index contributed by atoms with van der Waals surface area (Å²) in [7, 11) is 0. The van der Waals surface area contributed by atoms with Gasteiger partial charge >= 0.3 is 0 Å². The molecule has 0 aliphatic rings. The lowest BCUT2D eigenvalue weighted by atomic mass is 10.1. The Labute approximate surface area is 108 Å². The monoisotopic (exact) mass is 254 g/mol. The van der Waals surface area contributed by atoms with Crippen molar-refractivity contribution in [1.82, 2.24) is 10.3 Å². The van der Waals surface area contributed by atoms with Gasteiger partial charge in [-0.15, -0.1) is 11.6 Å². The third-order valence-corrected chi connectivity index (χ3v) is 3.17. The lowest BCUT2D eigenvalue weighted by Crippen LogP contribution is -2.26. The molecule has 1 N–H and O–H groups in total. The summed E-state index contributed by atoms with van der Waals surface area (Å²) in [5.41, 5.74) is 1.41. The highest BCUT2D eigenvalue weighted by atomic mass is 35.5. The Bertz CT molecular complexity index is 368. The lowest BCUT2D eigenvalue weighted by molar-refractivity contribution is 0.0947. The minimum Gasteiger partial charge on any atom is -0.351 e. The zero-order valence-electron chi connectivity index (χ0n) is 10.4. The SMILES string of the molecule is Cc1cccnc1C(=O)NCCCC(C)CCl. The van der Waals surface area contributed by atoms with E-state index in [0.29, 0.717) is 24.0 Å². The Morgan fingerprint density at radius 2 is 2.35 bits per heavy atom. The molecule has 1 amide bonds. The van der Waals surface area contributed by atoms with E-state index in [0.717, 1.165) is 18.4 Å². The van der Waals surface area contributed by atoms with Crippen LogP contribution in [0.3, 0.4) is 0 Å². The van der Waals surface area contributed by atoms with Gasteiger partial charge in [0.25, 0.3) is 5.91 Å². The molecule has 0 saturated heterocycles. The van der Waals surface area contributed by atoms with Crippen LogP contribution in [0.1, 0.15) is 35.8 Å². The van der Waals surface area contributed by atoms with E-state index in [1.165, 1.54) is 0 Å². The van der Waals surface area contributed by atoms with E-state index in [2.05, 4.69) is 17.2 Å². The van der Waals surface area contributed by atoms with Gasteiger partial charge in [0, 0.05) is 18.6 Å². The largest absolute Gasteiger partial charge is 0.351 e. The number of rotatable bonds is 6.